The van der Waals surface area contributed by atoms with Gasteiger partial charge in [0.15, 0.2) is 16.6 Å². The Balaban J connectivity index is 2.02. The predicted octanol–water partition coefficient (Wildman–Crippen LogP) is 3.95. The van der Waals surface area contributed by atoms with Crippen molar-refractivity contribution in [2.45, 2.75) is 58.5 Å². The van der Waals surface area contributed by atoms with E-state index in [0.717, 1.165) is 35.0 Å². The molecule has 1 saturated carbocycles. The van der Waals surface area contributed by atoms with Crippen molar-refractivity contribution in [1.82, 2.24) is 10.6 Å². The summed E-state index contributed by atoms with van der Waals surface area (Å²) in [5.41, 5.74) is 1.14. The van der Waals surface area contributed by atoms with Gasteiger partial charge < -0.3 is 20.1 Å². The minimum atomic E-state index is 0.123. The van der Waals surface area contributed by atoms with Crippen LogP contribution in [0.25, 0.3) is 0 Å². The Morgan fingerprint density at radius 2 is 1.83 bits per heavy atom. The highest BCUT2D eigenvalue weighted by Crippen LogP contribution is 2.31. The standard InChI is InChI=1S/C18H28N2O2S/c1-4-10-21-16-9-6-14(12-17(16)22-11-5-2)13(3)19-18(23)20-15-7-8-15/h6,9,12-13,15H,4-5,7-8,10-11H2,1-3H3,(H2,19,20,23)/t13-/m0/s1. The van der Waals surface area contributed by atoms with E-state index in [1.165, 1.54) is 12.8 Å². The summed E-state index contributed by atoms with van der Waals surface area (Å²) in [6.45, 7) is 7.69. The lowest BCUT2D eigenvalue weighted by Gasteiger charge is -2.19. The molecule has 0 bridgehead atoms. The highest BCUT2D eigenvalue weighted by atomic mass is 32.1. The largest absolute Gasteiger partial charge is 0.490 e. The minimum Gasteiger partial charge on any atom is -0.490 e. The zero-order chi connectivity index (χ0) is 16.7. The molecule has 2 N–H and O–H groups in total. The number of hydrogen-bond donors (Lipinski definition) is 2. The Hall–Kier alpha value is -1.49. The zero-order valence-corrected chi connectivity index (χ0v) is 15.2. The third kappa shape index (κ3) is 5.90. The fraction of sp³-hybridized carbons (Fsp3) is 0.611. The fourth-order valence-corrected chi connectivity index (χ4v) is 2.53. The monoisotopic (exact) mass is 336 g/mol. The molecule has 1 atom stereocenters. The van der Waals surface area contributed by atoms with Gasteiger partial charge in [0, 0.05) is 6.04 Å². The van der Waals surface area contributed by atoms with Gasteiger partial charge in [0.1, 0.15) is 0 Å². The van der Waals surface area contributed by atoms with Crippen molar-refractivity contribution >= 4 is 17.3 Å². The molecule has 1 aromatic carbocycles. The van der Waals surface area contributed by atoms with Gasteiger partial charge in [0.25, 0.3) is 0 Å². The van der Waals surface area contributed by atoms with Gasteiger partial charge in [-0.3, -0.25) is 0 Å². The van der Waals surface area contributed by atoms with E-state index in [4.69, 9.17) is 21.7 Å². The lowest BCUT2D eigenvalue weighted by molar-refractivity contribution is 0.268. The average Bonchev–Trinajstić information content (AvgIpc) is 3.34. The van der Waals surface area contributed by atoms with Crippen molar-refractivity contribution < 1.29 is 9.47 Å². The molecule has 0 aliphatic heterocycles. The normalized spacial score (nSPS) is 14.9. The first-order valence-electron chi connectivity index (χ1n) is 8.60. The van der Waals surface area contributed by atoms with Gasteiger partial charge in [0.2, 0.25) is 0 Å². The maximum atomic E-state index is 5.85. The number of ether oxygens (including phenoxy) is 2. The molecule has 0 radical (unpaired) electrons. The van der Waals surface area contributed by atoms with Crippen LogP contribution in [0, 0.1) is 0 Å². The topological polar surface area (TPSA) is 42.5 Å². The Morgan fingerprint density at radius 1 is 1.17 bits per heavy atom. The predicted molar refractivity (Wildman–Crippen MR) is 98.3 cm³/mol. The molecule has 1 fully saturated rings. The van der Waals surface area contributed by atoms with Crippen LogP contribution in [0.2, 0.25) is 0 Å². The zero-order valence-electron chi connectivity index (χ0n) is 14.4. The summed E-state index contributed by atoms with van der Waals surface area (Å²) < 4.78 is 11.6. The van der Waals surface area contributed by atoms with Crippen LogP contribution in [0.4, 0.5) is 0 Å². The van der Waals surface area contributed by atoms with E-state index in [0.29, 0.717) is 19.3 Å². The van der Waals surface area contributed by atoms with Crippen molar-refractivity contribution in [3.8, 4) is 11.5 Å². The first-order valence-corrected chi connectivity index (χ1v) is 9.01. The molecular formula is C18H28N2O2S. The number of thiocarbonyl (C=S) groups is 1. The number of nitrogens with one attached hydrogen (secondary N) is 2. The van der Waals surface area contributed by atoms with Crippen molar-refractivity contribution in [3.63, 3.8) is 0 Å². The third-order valence-electron chi connectivity index (χ3n) is 3.65. The van der Waals surface area contributed by atoms with Crippen molar-refractivity contribution in [2.75, 3.05) is 13.2 Å². The Labute approximate surface area is 144 Å². The second-order valence-electron chi connectivity index (χ2n) is 6.02. The average molecular weight is 337 g/mol. The van der Waals surface area contributed by atoms with Gasteiger partial charge in [-0.15, -0.1) is 0 Å². The molecule has 0 amide bonds. The van der Waals surface area contributed by atoms with Gasteiger partial charge in [-0.05, 0) is 62.5 Å². The minimum absolute atomic E-state index is 0.123. The van der Waals surface area contributed by atoms with Crippen molar-refractivity contribution in [3.05, 3.63) is 23.8 Å². The summed E-state index contributed by atoms with van der Waals surface area (Å²) in [5.74, 6) is 1.63. The van der Waals surface area contributed by atoms with Crippen molar-refractivity contribution in [2.24, 2.45) is 0 Å². The number of benzene rings is 1. The van der Waals surface area contributed by atoms with Crippen LogP contribution >= 0.6 is 12.2 Å². The SMILES string of the molecule is CCCOc1ccc([C@H](C)NC(=S)NC2CC2)cc1OCCC. The molecule has 0 aromatic heterocycles. The second kappa shape index (κ2) is 8.96. The van der Waals surface area contributed by atoms with Gasteiger partial charge in [-0.1, -0.05) is 19.9 Å². The molecule has 0 unspecified atom stereocenters. The number of hydrogen-bond acceptors (Lipinski definition) is 3. The summed E-state index contributed by atoms with van der Waals surface area (Å²) in [6, 6.07) is 6.80. The summed E-state index contributed by atoms with van der Waals surface area (Å²) >= 11 is 5.35. The van der Waals surface area contributed by atoms with Crippen LogP contribution in [0.1, 0.15) is 58.1 Å². The molecule has 1 aliphatic rings. The smallest absolute Gasteiger partial charge is 0.166 e. The van der Waals surface area contributed by atoms with Crippen LogP contribution in [0.3, 0.4) is 0 Å². The van der Waals surface area contributed by atoms with E-state index in [9.17, 15) is 0 Å². The summed E-state index contributed by atoms with van der Waals surface area (Å²) in [7, 11) is 0. The summed E-state index contributed by atoms with van der Waals surface area (Å²) in [4.78, 5) is 0. The van der Waals surface area contributed by atoms with E-state index in [2.05, 4.69) is 43.5 Å². The Bertz CT molecular complexity index is 518. The van der Waals surface area contributed by atoms with E-state index in [1.54, 1.807) is 0 Å². The first-order chi connectivity index (χ1) is 11.1. The van der Waals surface area contributed by atoms with Crippen molar-refractivity contribution in [1.29, 1.82) is 0 Å². The van der Waals surface area contributed by atoms with Crippen LogP contribution in [-0.4, -0.2) is 24.4 Å². The lowest BCUT2D eigenvalue weighted by atomic mass is 10.1. The van der Waals surface area contributed by atoms with Crippen LogP contribution in [0.5, 0.6) is 11.5 Å². The molecular weight excluding hydrogens is 308 g/mol. The molecule has 5 heteroatoms. The molecule has 1 aliphatic carbocycles. The van der Waals surface area contributed by atoms with E-state index in [-0.39, 0.29) is 6.04 Å². The van der Waals surface area contributed by atoms with Gasteiger partial charge in [-0.2, -0.15) is 0 Å². The highest BCUT2D eigenvalue weighted by molar-refractivity contribution is 7.80. The Kier molecular flexibility index (Phi) is 6.96. The maximum absolute atomic E-state index is 5.85. The van der Waals surface area contributed by atoms with E-state index in [1.807, 2.05) is 6.07 Å². The molecule has 0 spiro atoms. The lowest BCUT2D eigenvalue weighted by Crippen LogP contribution is -2.37. The third-order valence-corrected chi connectivity index (χ3v) is 3.89. The molecule has 23 heavy (non-hydrogen) atoms. The van der Waals surface area contributed by atoms with Crippen LogP contribution in [0.15, 0.2) is 18.2 Å². The van der Waals surface area contributed by atoms with Gasteiger partial charge >= 0.3 is 0 Å². The summed E-state index contributed by atoms with van der Waals surface area (Å²) in [5, 5.41) is 7.37. The molecule has 4 nitrogen and oxygen atoms in total. The quantitative estimate of drug-likeness (QED) is 0.668. The molecule has 128 valence electrons. The van der Waals surface area contributed by atoms with Gasteiger partial charge in [-0.25, -0.2) is 0 Å². The second-order valence-corrected chi connectivity index (χ2v) is 6.43. The highest BCUT2D eigenvalue weighted by Gasteiger charge is 2.22. The van der Waals surface area contributed by atoms with E-state index < -0.39 is 0 Å². The molecule has 0 heterocycles. The number of rotatable bonds is 9. The Morgan fingerprint density at radius 3 is 2.43 bits per heavy atom. The first kappa shape index (κ1) is 17.9. The van der Waals surface area contributed by atoms with Gasteiger partial charge in [0.05, 0.1) is 19.3 Å². The maximum Gasteiger partial charge on any atom is 0.166 e. The van der Waals surface area contributed by atoms with Crippen LogP contribution in [-0.2, 0) is 0 Å². The summed E-state index contributed by atoms with van der Waals surface area (Å²) in [6.07, 6.45) is 4.39. The fourth-order valence-electron chi connectivity index (χ4n) is 2.18. The molecule has 1 aromatic rings. The molecule has 2 rings (SSSR count). The van der Waals surface area contributed by atoms with Crippen LogP contribution < -0.4 is 20.1 Å². The van der Waals surface area contributed by atoms with E-state index >= 15 is 0 Å². The molecule has 0 saturated heterocycles.